The van der Waals surface area contributed by atoms with Gasteiger partial charge in [0.25, 0.3) is 0 Å². The number of carbonyl (C=O) groups is 2. The first kappa shape index (κ1) is 23.6. The number of amides is 3. The van der Waals surface area contributed by atoms with Crippen LogP contribution in [0.15, 0.2) is 42.5 Å². The van der Waals surface area contributed by atoms with Crippen LogP contribution >= 0.6 is 0 Å². The van der Waals surface area contributed by atoms with Crippen molar-refractivity contribution in [3.8, 4) is 5.75 Å². The van der Waals surface area contributed by atoms with Crippen LogP contribution in [0.4, 0.5) is 20.6 Å². The third kappa shape index (κ3) is 5.26. The van der Waals surface area contributed by atoms with Crippen molar-refractivity contribution >= 4 is 23.3 Å². The molecule has 0 spiro atoms. The fourth-order valence-electron chi connectivity index (χ4n) is 5.26. The molecule has 3 amide bonds. The molecule has 2 aromatic rings. The summed E-state index contributed by atoms with van der Waals surface area (Å²) in [6.45, 7) is 1.39. The Hall–Kier alpha value is -3.17. The van der Waals surface area contributed by atoms with Gasteiger partial charge in [-0.1, -0.05) is 0 Å². The van der Waals surface area contributed by atoms with Crippen LogP contribution in [0.1, 0.15) is 43.6 Å². The number of anilines is 2. The molecule has 0 aromatic heterocycles. The van der Waals surface area contributed by atoms with Gasteiger partial charge in [-0.05, 0) is 68.1 Å². The van der Waals surface area contributed by atoms with Gasteiger partial charge in [0.15, 0.2) is 0 Å². The minimum absolute atomic E-state index is 0.0584. The molecule has 0 aliphatic carbocycles. The summed E-state index contributed by atoms with van der Waals surface area (Å²) in [5, 5.41) is 15.4. The number of fused-ring (bicyclic) bond motifs is 3. The number of piperidine rings is 1. The van der Waals surface area contributed by atoms with Crippen LogP contribution in [-0.2, 0) is 9.53 Å². The van der Waals surface area contributed by atoms with Crippen molar-refractivity contribution in [1.29, 1.82) is 0 Å². The molecule has 8 nitrogen and oxygen atoms in total. The highest BCUT2D eigenvalue weighted by molar-refractivity contribution is 5.99. The Morgan fingerprint density at radius 2 is 1.74 bits per heavy atom. The number of rotatable bonds is 5. The van der Waals surface area contributed by atoms with Crippen LogP contribution < -0.4 is 15.4 Å². The van der Waals surface area contributed by atoms with Crippen LogP contribution in [0.3, 0.4) is 0 Å². The van der Waals surface area contributed by atoms with Crippen LogP contribution in [0.5, 0.6) is 5.75 Å². The predicted molar refractivity (Wildman–Crippen MR) is 128 cm³/mol. The highest BCUT2D eigenvalue weighted by atomic mass is 19.1. The minimum Gasteiger partial charge on any atom is -0.487 e. The third-order valence-electron chi connectivity index (χ3n) is 6.97. The van der Waals surface area contributed by atoms with E-state index in [1.54, 1.807) is 12.1 Å². The van der Waals surface area contributed by atoms with Crippen LogP contribution in [0.25, 0.3) is 0 Å². The van der Waals surface area contributed by atoms with Gasteiger partial charge in [0.1, 0.15) is 23.8 Å². The molecule has 2 saturated heterocycles. The summed E-state index contributed by atoms with van der Waals surface area (Å²) in [5.41, 5.74) is 1.98. The largest absolute Gasteiger partial charge is 0.487 e. The zero-order valence-electron chi connectivity index (χ0n) is 19.4. The molecular formula is C26H30FN3O5. The zero-order chi connectivity index (χ0) is 24.4. The average Bonchev–Trinajstić information content (AvgIpc) is 3.23. The van der Waals surface area contributed by atoms with Crippen molar-refractivity contribution in [2.45, 2.75) is 56.3 Å². The van der Waals surface area contributed by atoms with Crippen LogP contribution in [0.2, 0.25) is 0 Å². The van der Waals surface area contributed by atoms with Crippen LogP contribution in [-0.4, -0.2) is 60.0 Å². The molecule has 5 rings (SSSR count). The number of benzene rings is 2. The number of aliphatic hydroxyl groups excluding tert-OH is 1. The Morgan fingerprint density at radius 1 is 1.03 bits per heavy atom. The molecule has 0 saturated carbocycles. The molecule has 3 heterocycles. The molecular weight excluding hydrogens is 453 g/mol. The first-order chi connectivity index (χ1) is 17.0. The second-order valence-corrected chi connectivity index (χ2v) is 9.39. The third-order valence-corrected chi connectivity index (χ3v) is 6.97. The van der Waals surface area contributed by atoms with Gasteiger partial charge < -0.3 is 30.1 Å². The summed E-state index contributed by atoms with van der Waals surface area (Å²) in [6.07, 6.45) is 2.92. The van der Waals surface area contributed by atoms with Crippen molar-refractivity contribution < 1.29 is 28.6 Å². The Kier molecular flexibility index (Phi) is 6.88. The molecule has 3 aliphatic rings. The first-order valence-electron chi connectivity index (χ1n) is 12.2. The number of carbonyl (C=O) groups excluding carboxylic acids is 2. The molecule has 186 valence electrons. The maximum absolute atomic E-state index is 13.1. The Bertz CT molecular complexity index is 1070. The number of likely N-dealkylation sites (tertiary alicyclic amines) is 1. The molecule has 2 aromatic carbocycles. The van der Waals surface area contributed by atoms with Gasteiger partial charge in [0.2, 0.25) is 5.91 Å². The fourth-order valence-corrected chi connectivity index (χ4v) is 5.26. The number of nitrogens with one attached hydrogen (secondary N) is 2. The lowest BCUT2D eigenvalue weighted by atomic mass is 9.84. The lowest BCUT2D eigenvalue weighted by Gasteiger charge is -2.38. The Morgan fingerprint density at radius 3 is 2.49 bits per heavy atom. The minimum atomic E-state index is -0.529. The molecule has 9 heteroatoms. The maximum Gasteiger partial charge on any atom is 0.323 e. The summed E-state index contributed by atoms with van der Waals surface area (Å²) in [7, 11) is 0. The second-order valence-electron chi connectivity index (χ2n) is 9.39. The fraction of sp³-hybridized carbons (Fsp3) is 0.462. The molecule has 2 fully saturated rings. The molecule has 3 N–H and O–H groups in total. The van der Waals surface area contributed by atoms with E-state index in [4.69, 9.17) is 9.47 Å². The number of aliphatic hydroxyl groups is 1. The van der Waals surface area contributed by atoms with Crippen molar-refractivity contribution in [2.75, 3.05) is 30.3 Å². The summed E-state index contributed by atoms with van der Waals surface area (Å²) >= 11 is 0. The van der Waals surface area contributed by atoms with Gasteiger partial charge >= 0.3 is 6.03 Å². The Labute approximate surface area is 203 Å². The van der Waals surface area contributed by atoms with E-state index in [1.807, 2.05) is 11.0 Å². The normalized spacial score (nSPS) is 25.3. The smallest absolute Gasteiger partial charge is 0.323 e. The van der Waals surface area contributed by atoms with Gasteiger partial charge in [-0.2, -0.15) is 0 Å². The number of nitrogens with zero attached hydrogens (tertiary/aromatic N) is 1. The van der Waals surface area contributed by atoms with Crippen molar-refractivity contribution in [3.05, 3.63) is 53.8 Å². The van der Waals surface area contributed by atoms with Crippen molar-refractivity contribution in [1.82, 2.24) is 4.90 Å². The number of halogens is 1. The SMILES string of the molecule is O=C(Nc1ccc(F)cc1)Nc1ccc2c(c1)[C@H]1C[C@@H](CC(=O)N3CCCCC3)O[C@@H](CO)[C@H]1O2. The molecule has 4 atom stereocenters. The van der Waals surface area contributed by atoms with Gasteiger partial charge in [-0.15, -0.1) is 0 Å². The Balaban J connectivity index is 1.27. The molecule has 3 aliphatic heterocycles. The van der Waals surface area contributed by atoms with E-state index in [1.165, 1.54) is 24.3 Å². The molecule has 35 heavy (non-hydrogen) atoms. The van der Waals surface area contributed by atoms with E-state index >= 15 is 0 Å². The standard InChI is InChI=1S/C26H30FN3O5/c27-16-4-6-17(7-5-16)28-26(33)29-18-8-9-22-20(12-18)21-13-19(34-23(15-31)25(21)35-22)14-24(32)30-10-2-1-3-11-30/h4-9,12,19,21,23,25,31H,1-3,10-11,13-15H2,(H2,28,29,33)/t19-,21+,23-,25-/m0/s1. The number of hydrogen-bond donors (Lipinski definition) is 3. The van der Waals surface area contributed by atoms with E-state index in [0.717, 1.165) is 37.9 Å². The monoisotopic (exact) mass is 483 g/mol. The summed E-state index contributed by atoms with van der Waals surface area (Å²) in [5.74, 6) is 0.348. The lowest BCUT2D eigenvalue weighted by Crippen LogP contribution is -2.48. The summed E-state index contributed by atoms with van der Waals surface area (Å²) < 4.78 is 25.3. The molecule has 0 unspecified atom stereocenters. The van der Waals surface area contributed by atoms with Gasteiger partial charge in [0.05, 0.1) is 19.1 Å². The van der Waals surface area contributed by atoms with Gasteiger partial charge in [0, 0.05) is 35.9 Å². The van der Waals surface area contributed by atoms with E-state index < -0.39 is 12.1 Å². The molecule has 0 radical (unpaired) electrons. The highest BCUT2D eigenvalue weighted by Gasteiger charge is 2.46. The van der Waals surface area contributed by atoms with E-state index in [-0.39, 0.29) is 42.9 Å². The van der Waals surface area contributed by atoms with Crippen LogP contribution in [0, 0.1) is 5.82 Å². The van der Waals surface area contributed by atoms with Gasteiger partial charge in [-0.3, -0.25) is 4.79 Å². The number of hydrogen-bond acceptors (Lipinski definition) is 5. The van der Waals surface area contributed by atoms with E-state index in [2.05, 4.69) is 10.6 Å². The topological polar surface area (TPSA) is 100 Å². The van der Waals surface area contributed by atoms with E-state index in [0.29, 0.717) is 23.5 Å². The maximum atomic E-state index is 13.1. The summed E-state index contributed by atoms with van der Waals surface area (Å²) in [4.78, 5) is 27.2. The average molecular weight is 484 g/mol. The van der Waals surface area contributed by atoms with Gasteiger partial charge in [-0.25, -0.2) is 9.18 Å². The van der Waals surface area contributed by atoms with Crippen molar-refractivity contribution in [2.24, 2.45) is 0 Å². The number of ether oxygens (including phenoxy) is 2. The molecule has 0 bridgehead atoms. The van der Waals surface area contributed by atoms with Crippen molar-refractivity contribution in [3.63, 3.8) is 0 Å². The second kappa shape index (κ2) is 10.2. The van der Waals surface area contributed by atoms with E-state index in [9.17, 15) is 19.1 Å². The zero-order valence-corrected chi connectivity index (χ0v) is 19.4. The number of urea groups is 1. The predicted octanol–water partition coefficient (Wildman–Crippen LogP) is 3.87. The lowest BCUT2D eigenvalue weighted by molar-refractivity contribution is -0.149. The highest BCUT2D eigenvalue weighted by Crippen LogP contribution is 2.47. The quantitative estimate of drug-likeness (QED) is 0.600. The first-order valence-corrected chi connectivity index (χ1v) is 12.2. The summed E-state index contributed by atoms with van der Waals surface area (Å²) in [6, 6.07) is 10.5.